The number of rotatable bonds is 3. The van der Waals surface area contributed by atoms with Crippen molar-refractivity contribution in [1.29, 1.82) is 0 Å². The smallest absolute Gasteiger partial charge is 0.328 e. The van der Waals surface area contributed by atoms with Crippen molar-refractivity contribution in [2.75, 3.05) is 0 Å². The molecule has 1 rings (SSSR count). The number of amides is 2. The number of hydrogen-bond acceptors (Lipinski definition) is 3. The van der Waals surface area contributed by atoms with Crippen molar-refractivity contribution >= 4 is 17.8 Å². The van der Waals surface area contributed by atoms with Gasteiger partial charge in [-0.15, -0.1) is 0 Å². The van der Waals surface area contributed by atoms with Gasteiger partial charge in [0.25, 0.3) is 11.8 Å². The van der Waals surface area contributed by atoms with Crippen molar-refractivity contribution in [1.82, 2.24) is 10.9 Å². The molecule has 0 aliphatic carbocycles. The molecule has 0 saturated heterocycles. The Morgan fingerprint density at radius 2 is 1.65 bits per heavy atom. The summed E-state index contributed by atoms with van der Waals surface area (Å²) in [4.78, 5) is 32.5. The van der Waals surface area contributed by atoms with Crippen molar-refractivity contribution in [2.45, 2.75) is 0 Å². The van der Waals surface area contributed by atoms with Crippen LogP contribution in [0.3, 0.4) is 0 Å². The van der Waals surface area contributed by atoms with Crippen LogP contribution in [0.25, 0.3) is 0 Å². The number of benzene rings is 1. The molecule has 1 aromatic carbocycles. The van der Waals surface area contributed by atoms with Gasteiger partial charge in [-0.1, -0.05) is 18.2 Å². The summed E-state index contributed by atoms with van der Waals surface area (Å²) in [6.07, 6.45) is 1.47. The van der Waals surface area contributed by atoms with Crippen LogP contribution in [0.5, 0.6) is 0 Å². The first-order valence-electron chi connectivity index (χ1n) is 4.66. The Morgan fingerprint density at radius 1 is 1.00 bits per heavy atom. The number of carboxylic acids is 1. The van der Waals surface area contributed by atoms with E-state index in [2.05, 4.69) is 5.43 Å². The zero-order chi connectivity index (χ0) is 12.7. The van der Waals surface area contributed by atoms with Gasteiger partial charge in [-0.2, -0.15) is 0 Å². The zero-order valence-electron chi connectivity index (χ0n) is 8.71. The van der Waals surface area contributed by atoms with E-state index in [-0.39, 0.29) is 0 Å². The molecule has 0 heterocycles. The molecule has 17 heavy (non-hydrogen) atoms. The van der Waals surface area contributed by atoms with Gasteiger partial charge in [-0.3, -0.25) is 20.4 Å². The van der Waals surface area contributed by atoms with Crippen molar-refractivity contribution < 1.29 is 19.5 Å². The van der Waals surface area contributed by atoms with Crippen LogP contribution in [0.15, 0.2) is 42.5 Å². The molecule has 0 atom stereocenters. The van der Waals surface area contributed by atoms with Gasteiger partial charge < -0.3 is 5.11 Å². The van der Waals surface area contributed by atoms with Gasteiger partial charge in [-0.05, 0) is 12.1 Å². The van der Waals surface area contributed by atoms with E-state index < -0.39 is 17.8 Å². The number of hydrazine groups is 1. The van der Waals surface area contributed by atoms with Gasteiger partial charge in [0.2, 0.25) is 0 Å². The van der Waals surface area contributed by atoms with E-state index >= 15 is 0 Å². The highest BCUT2D eigenvalue weighted by Crippen LogP contribution is 1.96. The second kappa shape index (κ2) is 6.06. The van der Waals surface area contributed by atoms with E-state index in [9.17, 15) is 14.4 Å². The molecule has 0 spiro atoms. The zero-order valence-corrected chi connectivity index (χ0v) is 8.71. The summed E-state index contributed by atoms with van der Waals surface area (Å²) >= 11 is 0. The quantitative estimate of drug-likeness (QED) is 0.510. The first-order chi connectivity index (χ1) is 8.09. The summed E-state index contributed by atoms with van der Waals surface area (Å²) in [6, 6.07) is 8.27. The van der Waals surface area contributed by atoms with Crippen LogP contribution >= 0.6 is 0 Å². The third kappa shape index (κ3) is 4.61. The van der Waals surface area contributed by atoms with Gasteiger partial charge in [0.15, 0.2) is 0 Å². The van der Waals surface area contributed by atoms with E-state index in [1.54, 1.807) is 30.3 Å². The molecule has 2 amide bonds. The number of hydrogen-bond donors (Lipinski definition) is 3. The van der Waals surface area contributed by atoms with Gasteiger partial charge in [-0.25, -0.2) is 4.79 Å². The molecule has 88 valence electrons. The van der Waals surface area contributed by atoms with Crippen LogP contribution in [-0.4, -0.2) is 22.9 Å². The minimum Gasteiger partial charge on any atom is -0.478 e. The fourth-order valence-electron chi connectivity index (χ4n) is 0.969. The highest BCUT2D eigenvalue weighted by Gasteiger charge is 2.04. The summed E-state index contributed by atoms with van der Waals surface area (Å²) in [6.45, 7) is 0. The Morgan fingerprint density at radius 3 is 2.24 bits per heavy atom. The molecule has 0 aliphatic heterocycles. The largest absolute Gasteiger partial charge is 0.478 e. The molecule has 0 unspecified atom stereocenters. The van der Waals surface area contributed by atoms with Gasteiger partial charge in [0, 0.05) is 17.7 Å². The highest BCUT2D eigenvalue weighted by molar-refractivity contribution is 5.98. The molecule has 1 aromatic rings. The molecule has 3 N–H and O–H groups in total. The van der Waals surface area contributed by atoms with E-state index in [1.807, 2.05) is 5.43 Å². The van der Waals surface area contributed by atoms with Crippen LogP contribution in [0.2, 0.25) is 0 Å². The maximum atomic E-state index is 11.4. The molecule has 0 saturated carbocycles. The predicted molar refractivity (Wildman–Crippen MR) is 58.8 cm³/mol. The van der Waals surface area contributed by atoms with Crippen LogP contribution in [0, 0.1) is 0 Å². The molecule has 0 fully saturated rings. The number of carboxylic acid groups (broad SMARTS) is 1. The van der Waals surface area contributed by atoms with Crippen molar-refractivity contribution in [2.24, 2.45) is 0 Å². The van der Waals surface area contributed by atoms with Crippen LogP contribution in [0.1, 0.15) is 10.4 Å². The molecule has 0 radical (unpaired) electrons. The highest BCUT2D eigenvalue weighted by atomic mass is 16.4. The Hall–Kier alpha value is -2.63. The number of aliphatic carboxylic acids is 1. The number of carbonyl (C=O) groups is 3. The molecule has 6 heteroatoms. The summed E-state index contributed by atoms with van der Waals surface area (Å²) in [5.74, 6) is -2.45. The predicted octanol–water partition coefficient (Wildman–Crippen LogP) is 0.0884. The molecule has 0 aliphatic rings. The lowest BCUT2D eigenvalue weighted by Gasteiger charge is -2.04. The van der Waals surface area contributed by atoms with Gasteiger partial charge in [0.1, 0.15) is 0 Å². The maximum Gasteiger partial charge on any atom is 0.328 e. The lowest BCUT2D eigenvalue weighted by atomic mass is 10.2. The lowest BCUT2D eigenvalue weighted by molar-refractivity contribution is -0.131. The van der Waals surface area contributed by atoms with E-state index in [4.69, 9.17) is 5.11 Å². The summed E-state index contributed by atoms with van der Waals surface area (Å²) in [7, 11) is 0. The average molecular weight is 234 g/mol. The van der Waals surface area contributed by atoms with E-state index in [1.165, 1.54) is 0 Å². The number of nitrogens with one attached hydrogen (secondary N) is 2. The standard InChI is InChI=1S/C11H10N2O4/c14-9(6-7-10(15)16)12-13-11(17)8-4-2-1-3-5-8/h1-7H,(H,12,14)(H,13,17)(H,15,16)/b7-6-. The number of carbonyl (C=O) groups excluding carboxylic acids is 2. The fourth-order valence-corrected chi connectivity index (χ4v) is 0.969. The first kappa shape index (κ1) is 12.4. The minimum absolute atomic E-state index is 0.384. The average Bonchev–Trinajstić information content (AvgIpc) is 2.34. The van der Waals surface area contributed by atoms with E-state index in [0.717, 1.165) is 6.08 Å². The van der Waals surface area contributed by atoms with Crippen LogP contribution in [0.4, 0.5) is 0 Å². The molecular weight excluding hydrogens is 224 g/mol. The van der Waals surface area contributed by atoms with Crippen LogP contribution in [-0.2, 0) is 9.59 Å². The third-order valence-electron chi connectivity index (χ3n) is 1.71. The van der Waals surface area contributed by atoms with Gasteiger partial charge >= 0.3 is 5.97 Å². The second-order valence-electron chi connectivity index (χ2n) is 2.98. The van der Waals surface area contributed by atoms with Gasteiger partial charge in [0.05, 0.1) is 0 Å². The monoisotopic (exact) mass is 234 g/mol. The second-order valence-corrected chi connectivity index (χ2v) is 2.98. The molecule has 0 aromatic heterocycles. The Bertz CT molecular complexity index is 454. The minimum atomic E-state index is -1.24. The molecular formula is C11H10N2O4. The SMILES string of the molecule is O=C(O)/C=C\C(=O)NNC(=O)c1ccccc1. The van der Waals surface area contributed by atoms with Crippen molar-refractivity contribution in [3.8, 4) is 0 Å². The summed E-state index contributed by atoms with van der Waals surface area (Å²) in [5, 5.41) is 8.26. The first-order valence-corrected chi connectivity index (χ1v) is 4.66. The Labute approximate surface area is 96.9 Å². The maximum absolute atomic E-state index is 11.4. The van der Waals surface area contributed by atoms with Crippen molar-refractivity contribution in [3.63, 3.8) is 0 Å². The van der Waals surface area contributed by atoms with E-state index in [0.29, 0.717) is 11.6 Å². The summed E-state index contributed by atoms with van der Waals surface area (Å²) in [5.41, 5.74) is 4.57. The Kier molecular flexibility index (Phi) is 4.44. The molecule has 6 nitrogen and oxygen atoms in total. The fraction of sp³-hybridized carbons (Fsp3) is 0. The normalized spacial score (nSPS) is 9.88. The van der Waals surface area contributed by atoms with Crippen molar-refractivity contribution in [3.05, 3.63) is 48.0 Å². The lowest BCUT2D eigenvalue weighted by Crippen LogP contribution is -2.40. The Balaban J connectivity index is 2.44. The summed E-state index contributed by atoms with van der Waals surface area (Å²) < 4.78 is 0. The molecule has 0 bridgehead atoms. The van der Waals surface area contributed by atoms with Crippen LogP contribution < -0.4 is 10.9 Å². The topological polar surface area (TPSA) is 95.5 Å². The third-order valence-corrected chi connectivity index (χ3v) is 1.71.